The van der Waals surface area contributed by atoms with E-state index in [1.807, 2.05) is 60.1 Å². The van der Waals surface area contributed by atoms with Crippen LogP contribution < -0.4 is 0 Å². The van der Waals surface area contributed by atoms with E-state index in [0.717, 1.165) is 22.5 Å². The number of aliphatic hydroxyl groups excluding tert-OH is 1. The van der Waals surface area contributed by atoms with Gasteiger partial charge in [0.05, 0.1) is 18.8 Å². The molecule has 1 aromatic heterocycles. The van der Waals surface area contributed by atoms with Gasteiger partial charge in [-0.05, 0) is 12.5 Å². The van der Waals surface area contributed by atoms with Crippen LogP contribution >= 0.6 is 0 Å². The summed E-state index contributed by atoms with van der Waals surface area (Å²) in [5.74, 6) is 0. The Morgan fingerprint density at radius 3 is 2.19 bits per heavy atom. The first-order chi connectivity index (χ1) is 10.3. The van der Waals surface area contributed by atoms with Crippen LogP contribution in [0.2, 0.25) is 0 Å². The molecule has 1 heterocycles. The summed E-state index contributed by atoms with van der Waals surface area (Å²) >= 11 is 0. The second-order valence-electron chi connectivity index (χ2n) is 5.08. The average molecular weight is 278 g/mol. The summed E-state index contributed by atoms with van der Waals surface area (Å²) in [5, 5.41) is 14.4. The second-order valence-corrected chi connectivity index (χ2v) is 5.08. The standard InChI is InChI=1S/C18H18N2O/c1-14-17(13-21)18(16-10-6-3-7-11-16)19-20(14)12-15-8-4-2-5-9-15/h2-11,21H,12-13H2,1H3. The van der Waals surface area contributed by atoms with Gasteiger partial charge in [0.1, 0.15) is 0 Å². The Hall–Kier alpha value is -2.39. The van der Waals surface area contributed by atoms with Crippen molar-refractivity contribution in [2.24, 2.45) is 0 Å². The molecule has 3 heteroatoms. The number of rotatable bonds is 4. The van der Waals surface area contributed by atoms with Gasteiger partial charge in [-0.2, -0.15) is 5.10 Å². The number of nitrogens with zero attached hydrogens (tertiary/aromatic N) is 2. The molecule has 0 aliphatic carbocycles. The lowest BCUT2D eigenvalue weighted by Gasteiger charge is -2.04. The van der Waals surface area contributed by atoms with Crippen molar-refractivity contribution in [2.45, 2.75) is 20.1 Å². The molecule has 3 aromatic rings. The van der Waals surface area contributed by atoms with E-state index in [4.69, 9.17) is 5.10 Å². The van der Waals surface area contributed by atoms with Crippen molar-refractivity contribution in [1.29, 1.82) is 0 Å². The first-order valence-electron chi connectivity index (χ1n) is 7.06. The fourth-order valence-electron chi connectivity index (χ4n) is 2.51. The normalized spacial score (nSPS) is 10.8. The maximum absolute atomic E-state index is 9.69. The van der Waals surface area contributed by atoms with Gasteiger partial charge in [0, 0.05) is 16.8 Å². The maximum Gasteiger partial charge on any atom is 0.0981 e. The van der Waals surface area contributed by atoms with Crippen molar-refractivity contribution in [1.82, 2.24) is 9.78 Å². The smallest absolute Gasteiger partial charge is 0.0981 e. The van der Waals surface area contributed by atoms with Gasteiger partial charge in [0.2, 0.25) is 0 Å². The molecule has 0 bridgehead atoms. The van der Waals surface area contributed by atoms with E-state index in [1.165, 1.54) is 5.56 Å². The molecule has 0 radical (unpaired) electrons. The van der Waals surface area contributed by atoms with Gasteiger partial charge in [0.15, 0.2) is 0 Å². The highest BCUT2D eigenvalue weighted by Gasteiger charge is 2.15. The zero-order chi connectivity index (χ0) is 14.7. The van der Waals surface area contributed by atoms with E-state index in [-0.39, 0.29) is 6.61 Å². The van der Waals surface area contributed by atoms with E-state index in [1.54, 1.807) is 0 Å². The van der Waals surface area contributed by atoms with Gasteiger partial charge in [-0.15, -0.1) is 0 Å². The predicted octanol–water partition coefficient (Wildman–Crippen LogP) is 3.40. The van der Waals surface area contributed by atoms with E-state index in [0.29, 0.717) is 6.54 Å². The topological polar surface area (TPSA) is 38.1 Å². The number of hydrogen-bond acceptors (Lipinski definition) is 2. The highest BCUT2D eigenvalue weighted by Crippen LogP contribution is 2.25. The Morgan fingerprint density at radius 1 is 0.952 bits per heavy atom. The van der Waals surface area contributed by atoms with Crippen molar-refractivity contribution in [3.63, 3.8) is 0 Å². The molecule has 0 aliphatic rings. The summed E-state index contributed by atoms with van der Waals surface area (Å²) in [4.78, 5) is 0. The van der Waals surface area contributed by atoms with Crippen LogP contribution in [0.15, 0.2) is 60.7 Å². The lowest BCUT2D eigenvalue weighted by Crippen LogP contribution is -2.04. The molecule has 0 aliphatic heterocycles. The predicted molar refractivity (Wildman–Crippen MR) is 83.9 cm³/mol. The van der Waals surface area contributed by atoms with Crippen molar-refractivity contribution in [2.75, 3.05) is 0 Å². The minimum atomic E-state index is 0.00481. The van der Waals surface area contributed by atoms with Gasteiger partial charge >= 0.3 is 0 Å². The highest BCUT2D eigenvalue weighted by atomic mass is 16.3. The SMILES string of the molecule is Cc1c(CO)c(-c2ccccc2)nn1Cc1ccccc1. The van der Waals surface area contributed by atoms with Crippen LogP contribution in [-0.4, -0.2) is 14.9 Å². The van der Waals surface area contributed by atoms with Crippen LogP contribution in [0.25, 0.3) is 11.3 Å². The molecule has 0 saturated carbocycles. The van der Waals surface area contributed by atoms with Crippen LogP contribution in [0.3, 0.4) is 0 Å². The fraction of sp³-hybridized carbons (Fsp3) is 0.167. The molecule has 0 saturated heterocycles. The van der Waals surface area contributed by atoms with Crippen LogP contribution in [0, 0.1) is 6.92 Å². The first kappa shape index (κ1) is 13.6. The Bertz CT molecular complexity index is 718. The van der Waals surface area contributed by atoms with Gasteiger partial charge in [-0.3, -0.25) is 4.68 Å². The summed E-state index contributed by atoms with van der Waals surface area (Å²) in [5.41, 5.74) is 5.02. The van der Waals surface area contributed by atoms with Crippen LogP contribution in [-0.2, 0) is 13.2 Å². The number of hydrogen-bond donors (Lipinski definition) is 1. The summed E-state index contributed by atoms with van der Waals surface area (Å²) in [7, 11) is 0. The van der Waals surface area contributed by atoms with Crippen molar-refractivity contribution >= 4 is 0 Å². The Labute approximate surface area is 124 Å². The number of aromatic nitrogens is 2. The Balaban J connectivity index is 2.02. The van der Waals surface area contributed by atoms with E-state index in [2.05, 4.69) is 12.1 Å². The molecular weight excluding hydrogens is 260 g/mol. The molecule has 0 atom stereocenters. The maximum atomic E-state index is 9.69. The second kappa shape index (κ2) is 5.94. The van der Waals surface area contributed by atoms with Crippen molar-refractivity contribution in [3.8, 4) is 11.3 Å². The van der Waals surface area contributed by atoms with Crippen LogP contribution in [0.1, 0.15) is 16.8 Å². The summed E-state index contributed by atoms with van der Waals surface area (Å²) in [6.45, 7) is 2.73. The molecule has 21 heavy (non-hydrogen) atoms. The fourth-order valence-corrected chi connectivity index (χ4v) is 2.51. The summed E-state index contributed by atoms with van der Waals surface area (Å²) in [6.07, 6.45) is 0. The summed E-state index contributed by atoms with van der Waals surface area (Å²) < 4.78 is 1.96. The molecule has 0 fully saturated rings. The third-order valence-electron chi connectivity index (χ3n) is 3.71. The van der Waals surface area contributed by atoms with Gasteiger partial charge in [0.25, 0.3) is 0 Å². The zero-order valence-corrected chi connectivity index (χ0v) is 12.0. The summed E-state index contributed by atoms with van der Waals surface area (Å²) in [6, 6.07) is 20.2. The molecule has 0 unspecified atom stereocenters. The molecule has 2 aromatic carbocycles. The van der Waals surface area contributed by atoms with E-state index < -0.39 is 0 Å². The third-order valence-corrected chi connectivity index (χ3v) is 3.71. The number of benzene rings is 2. The molecule has 3 nitrogen and oxygen atoms in total. The van der Waals surface area contributed by atoms with Gasteiger partial charge in [-0.25, -0.2) is 0 Å². The lowest BCUT2D eigenvalue weighted by molar-refractivity contribution is 0.281. The molecule has 0 amide bonds. The average Bonchev–Trinajstić information content (AvgIpc) is 2.85. The largest absolute Gasteiger partial charge is 0.392 e. The molecule has 1 N–H and O–H groups in total. The van der Waals surface area contributed by atoms with E-state index in [9.17, 15) is 5.11 Å². The molecule has 0 spiro atoms. The van der Waals surface area contributed by atoms with Crippen LogP contribution in [0.5, 0.6) is 0 Å². The van der Waals surface area contributed by atoms with Crippen LogP contribution in [0.4, 0.5) is 0 Å². The first-order valence-corrected chi connectivity index (χ1v) is 7.06. The minimum absolute atomic E-state index is 0.00481. The van der Waals surface area contributed by atoms with Crippen molar-refractivity contribution in [3.05, 3.63) is 77.5 Å². The minimum Gasteiger partial charge on any atom is -0.392 e. The van der Waals surface area contributed by atoms with Crippen molar-refractivity contribution < 1.29 is 5.11 Å². The Morgan fingerprint density at radius 2 is 1.57 bits per heavy atom. The third kappa shape index (κ3) is 2.73. The zero-order valence-electron chi connectivity index (χ0n) is 12.0. The lowest BCUT2D eigenvalue weighted by atomic mass is 10.1. The van der Waals surface area contributed by atoms with Gasteiger partial charge < -0.3 is 5.11 Å². The Kier molecular flexibility index (Phi) is 3.84. The molecule has 106 valence electrons. The highest BCUT2D eigenvalue weighted by molar-refractivity contribution is 5.63. The van der Waals surface area contributed by atoms with Gasteiger partial charge in [-0.1, -0.05) is 60.7 Å². The molecular formula is C18H18N2O. The molecule has 3 rings (SSSR count). The van der Waals surface area contributed by atoms with E-state index >= 15 is 0 Å². The monoisotopic (exact) mass is 278 g/mol. The number of aliphatic hydroxyl groups is 1. The quantitative estimate of drug-likeness (QED) is 0.794.